The number of aryl methyl sites for hydroxylation is 1. The average Bonchev–Trinajstić information content (AvgIpc) is 3.08. The lowest BCUT2D eigenvalue weighted by Crippen LogP contribution is -2.39. The Kier molecular flexibility index (Phi) is 5.43. The first-order chi connectivity index (χ1) is 12.1. The van der Waals surface area contributed by atoms with E-state index in [4.69, 9.17) is 18.6 Å². The number of hydrogen-bond donors (Lipinski definition) is 0. The van der Waals surface area contributed by atoms with Crippen LogP contribution in [0.25, 0.3) is 0 Å². The second-order valence-corrected chi connectivity index (χ2v) is 6.18. The molecule has 25 heavy (non-hydrogen) atoms. The predicted octanol–water partition coefficient (Wildman–Crippen LogP) is 3.00. The maximum Gasteiger partial charge on any atom is 0.233 e. The van der Waals surface area contributed by atoms with Crippen LogP contribution in [0, 0.1) is 6.92 Å². The molecule has 1 aliphatic rings. The van der Waals surface area contributed by atoms with E-state index in [-0.39, 0.29) is 12.1 Å². The molecular weight excluding hydrogens is 322 g/mol. The van der Waals surface area contributed by atoms with Crippen LogP contribution < -0.4 is 14.2 Å². The summed E-state index contributed by atoms with van der Waals surface area (Å²) in [6, 6.07) is 5.77. The molecule has 2 aromatic rings. The van der Waals surface area contributed by atoms with Gasteiger partial charge < -0.3 is 18.6 Å². The molecule has 1 aromatic heterocycles. The topological polar surface area (TPSA) is 69.8 Å². The molecule has 2 heterocycles. The van der Waals surface area contributed by atoms with Gasteiger partial charge in [0.15, 0.2) is 11.5 Å². The highest BCUT2D eigenvalue weighted by atomic mass is 16.5. The first-order valence-corrected chi connectivity index (χ1v) is 8.54. The van der Waals surface area contributed by atoms with Crippen molar-refractivity contribution in [2.75, 3.05) is 27.3 Å². The monoisotopic (exact) mass is 347 g/mol. The summed E-state index contributed by atoms with van der Waals surface area (Å²) in [5, 5.41) is 8.05. The lowest BCUT2D eigenvalue weighted by molar-refractivity contribution is 0.0684. The van der Waals surface area contributed by atoms with Gasteiger partial charge in [0.25, 0.3) is 0 Å². The van der Waals surface area contributed by atoms with Gasteiger partial charge in [0, 0.05) is 20.0 Å². The van der Waals surface area contributed by atoms with Crippen molar-refractivity contribution >= 4 is 0 Å². The first-order valence-electron chi connectivity index (χ1n) is 8.54. The van der Waals surface area contributed by atoms with E-state index in [1.54, 1.807) is 14.2 Å². The number of nitrogens with zero attached hydrogens (tertiary/aromatic N) is 3. The molecule has 7 nitrogen and oxygen atoms in total. The fourth-order valence-corrected chi connectivity index (χ4v) is 3.12. The Bertz CT molecular complexity index is 673. The molecule has 136 valence electrons. The largest absolute Gasteiger partial charge is 0.493 e. The van der Waals surface area contributed by atoms with Crippen molar-refractivity contribution in [1.29, 1.82) is 0 Å². The molecule has 1 unspecified atom stereocenters. The summed E-state index contributed by atoms with van der Waals surface area (Å²) in [5.41, 5.74) is 0. The number of hydrogen-bond acceptors (Lipinski definition) is 7. The van der Waals surface area contributed by atoms with E-state index in [1.165, 1.54) is 0 Å². The molecule has 0 saturated carbocycles. The third-order valence-electron chi connectivity index (χ3n) is 4.59. The van der Waals surface area contributed by atoms with E-state index in [0.29, 0.717) is 29.0 Å². The Labute approximate surface area is 147 Å². The van der Waals surface area contributed by atoms with Crippen molar-refractivity contribution in [2.45, 2.75) is 38.8 Å². The number of benzene rings is 1. The zero-order valence-electron chi connectivity index (χ0n) is 15.2. The van der Waals surface area contributed by atoms with Gasteiger partial charge in [-0.05, 0) is 31.9 Å². The number of methoxy groups -OCH3 is 2. The smallest absolute Gasteiger partial charge is 0.233 e. The van der Waals surface area contributed by atoms with Gasteiger partial charge in [-0.2, -0.15) is 0 Å². The summed E-state index contributed by atoms with van der Waals surface area (Å²) in [5.74, 6) is 3.33. The van der Waals surface area contributed by atoms with Crippen LogP contribution in [0.5, 0.6) is 17.2 Å². The van der Waals surface area contributed by atoms with Crippen LogP contribution in [0.15, 0.2) is 22.6 Å². The number of piperidine rings is 1. The number of rotatable bonds is 6. The van der Waals surface area contributed by atoms with Crippen molar-refractivity contribution in [3.05, 3.63) is 30.0 Å². The molecule has 0 radical (unpaired) electrons. The molecule has 0 aliphatic carbocycles. The summed E-state index contributed by atoms with van der Waals surface area (Å²) in [6.07, 6.45) is 1.95. The molecule has 1 saturated heterocycles. The normalized spacial score (nSPS) is 17.3. The van der Waals surface area contributed by atoms with Crippen LogP contribution in [-0.2, 0) is 0 Å². The summed E-state index contributed by atoms with van der Waals surface area (Å²) in [7, 11) is 3.27. The third kappa shape index (κ3) is 3.87. The fourth-order valence-electron chi connectivity index (χ4n) is 3.12. The second kappa shape index (κ2) is 7.74. The zero-order valence-corrected chi connectivity index (χ0v) is 15.2. The number of ether oxygens (including phenoxy) is 3. The zero-order chi connectivity index (χ0) is 17.8. The molecule has 1 fully saturated rings. The highest BCUT2D eigenvalue weighted by Gasteiger charge is 2.28. The van der Waals surface area contributed by atoms with Gasteiger partial charge in [-0.25, -0.2) is 0 Å². The molecule has 0 bridgehead atoms. The summed E-state index contributed by atoms with van der Waals surface area (Å²) < 4.78 is 22.6. The molecular formula is C18H25N3O4. The van der Waals surface area contributed by atoms with Crippen molar-refractivity contribution in [2.24, 2.45) is 0 Å². The maximum absolute atomic E-state index is 6.21. The lowest BCUT2D eigenvalue weighted by Gasteiger charge is -2.34. The van der Waals surface area contributed by atoms with E-state index >= 15 is 0 Å². The van der Waals surface area contributed by atoms with Gasteiger partial charge in [0.2, 0.25) is 17.5 Å². The van der Waals surface area contributed by atoms with Crippen LogP contribution in [-0.4, -0.2) is 48.5 Å². The van der Waals surface area contributed by atoms with Crippen LogP contribution in [0.3, 0.4) is 0 Å². The van der Waals surface area contributed by atoms with Crippen LogP contribution in [0.4, 0.5) is 0 Å². The minimum Gasteiger partial charge on any atom is -0.493 e. The van der Waals surface area contributed by atoms with Crippen LogP contribution in [0.2, 0.25) is 0 Å². The van der Waals surface area contributed by atoms with Crippen LogP contribution >= 0.6 is 0 Å². The number of likely N-dealkylation sites (tertiary alicyclic amines) is 1. The lowest BCUT2D eigenvalue weighted by atomic mass is 10.1. The summed E-state index contributed by atoms with van der Waals surface area (Å²) in [4.78, 5) is 2.34. The SMILES string of the molecule is COc1cccc(OC)c1OC1CCN(C(C)c2nnc(C)o2)CC1. The van der Waals surface area contributed by atoms with Gasteiger partial charge >= 0.3 is 0 Å². The molecule has 0 spiro atoms. The maximum atomic E-state index is 6.21. The molecule has 0 amide bonds. The summed E-state index contributed by atoms with van der Waals surface area (Å²) in [6.45, 7) is 5.72. The number of aromatic nitrogens is 2. The standard InChI is InChI=1S/C18H25N3O4/c1-12(18-20-19-13(2)24-18)21-10-8-14(9-11-21)25-17-15(22-3)6-5-7-16(17)23-4/h5-7,12,14H,8-11H2,1-4H3. The van der Waals surface area contributed by atoms with Crippen molar-refractivity contribution < 1.29 is 18.6 Å². The first kappa shape index (κ1) is 17.5. The van der Waals surface area contributed by atoms with E-state index < -0.39 is 0 Å². The third-order valence-corrected chi connectivity index (χ3v) is 4.59. The second-order valence-electron chi connectivity index (χ2n) is 6.18. The molecule has 0 N–H and O–H groups in total. The van der Waals surface area contributed by atoms with Gasteiger partial charge in [0.05, 0.1) is 20.3 Å². The molecule has 1 aromatic carbocycles. The molecule has 1 aliphatic heterocycles. The van der Waals surface area contributed by atoms with E-state index in [1.807, 2.05) is 25.1 Å². The minimum absolute atomic E-state index is 0.114. The Balaban J connectivity index is 1.62. The molecule has 3 rings (SSSR count). The Morgan fingerprint density at radius 1 is 1.12 bits per heavy atom. The highest BCUT2D eigenvalue weighted by molar-refractivity contribution is 5.51. The molecule has 1 atom stereocenters. The fraction of sp³-hybridized carbons (Fsp3) is 0.556. The van der Waals surface area contributed by atoms with E-state index in [2.05, 4.69) is 22.0 Å². The van der Waals surface area contributed by atoms with Gasteiger partial charge in [-0.3, -0.25) is 4.90 Å². The van der Waals surface area contributed by atoms with Crippen LogP contribution in [0.1, 0.15) is 37.6 Å². The quantitative estimate of drug-likeness (QED) is 0.795. The Morgan fingerprint density at radius 2 is 1.76 bits per heavy atom. The minimum atomic E-state index is 0.114. The van der Waals surface area contributed by atoms with Gasteiger partial charge in [0.1, 0.15) is 6.10 Å². The predicted molar refractivity (Wildman–Crippen MR) is 92.2 cm³/mol. The van der Waals surface area contributed by atoms with E-state index in [0.717, 1.165) is 25.9 Å². The Hall–Kier alpha value is -2.28. The summed E-state index contributed by atoms with van der Waals surface area (Å²) >= 11 is 0. The Morgan fingerprint density at radius 3 is 2.28 bits per heavy atom. The van der Waals surface area contributed by atoms with Gasteiger partial charge in [-0.15, -0.1) is 10.2 Å². The molecule has 7 heteroatoms. The average molecular weight is 347 g/mol. The van der Waals surface area contributed by atoms with Gasteiger partial charge in [-0.1, -0.05) is 6.07 Å². The highest BCUT2D eigenvalue weighted by Crippen LogP contribution is 2.38. The van der Waals surface area contributed by atoms with Crippen molar-refractivity contribution in [3.63, 3.8) is 0 Å². The van der Waals surface area contributed by atoms with Crippen molar-refractivity contribution in [3.8, 4) is 17.2 Å². The number of para-hydroxylation sites is 1. The van der Waals surface area contributed by atoms with Crippen molar-refractivity contribution in [1.82, 2.24) is 15.1 Å². The van der Waals surface area contributed by atoms with E-state index in [9.17, 15) is 0 Å².